The highest BCUT2D eigenvalue weighted by Gasteiger charge is 2.35. The molecule has 0 saturated heterocycles. The number of rotatable bonds is 8. The van der Waals surface area contributed by atoms with Crippen molar-refractivity contribution in [2.45, 2.75) is 50.6 Å². The third-order valence-corrected chi connectivity index (χ3v) is 11.1. The number of halogens is 1. The van der Waals surface area contributed by atoms with Crippen molar-refractivity contribution in [2.24, 2.45) is 0 Å². The molecule has 280 valence electrons. The third kappa shape index (κ3) is 7.32. The molecule has 0 saturated carbocycles. The van der Waals surface area contributed by atoms with Gasteiger partial charge in [0.2, 0.25) is 11.7 Å². The van der Waals surface area contributed by atoms with Gasteiger partial charge in [-0.3, -0.25) is 14.6 Å². The van der Waals surface area contributed by atoms with Crippen molar-refractivity contribution in [3.63, 3.8) is 0 Å². The van der Waals surface area contributed by atoms with E-state index in [-0.39, 0.29) is 18.0 Å². The van der Waals surface area contributed by atoms with E-state index in [0.717, 1.165) is 49.0 Å². The average Bonchev–Trinajstić information content (AvgIpc) is 3.16. The number of nitrogens with zero attached hydrogens (tertiary/aromatic N) is 2. The zero-order chi connectivity index (χ0) is 37.2. The van der Waals surface area contributed by atoms with E-state index in [2.05, 4.69) is 59.5 Å². The molecule has 4 aliphatic rings. The third-order valence-electron chi connectivity index (χ3n) is 10.8. The summed E-state index contributed by atoms with van der Waals surface area (Å²) in [6, 6.07) is 18.3. The van der Waals surface area contributed by atoms with Crippen LogP contribution in [0.25, 0.3) is 0 Å². The van der Waals surface area contributed by atoms with Crippen LogP contribution in [-0.4, -0.2) is 77.2 Å². The molecule has 10 nitrogen and oxygen atoms in total. The van der Waals surface area contributed by atoms with Crippen LogP contribution in [0, 0.1) is 0 Å². The van der Waals surface area contributed by atoms with Crippen molar-refractivity contribution in [2.75, 3.05) is 66.8 Å². The molecule has 4 heterocycles. The van der Waals surface area contributed by atoms with Gasteiger partial charge in [-0.1, -0.05) is 12.1 Å². The van der Waals surface area contributed by atoms with Gasteiger partial charge >= 0.3 is 0 Å². The first-order chi connectivity index (χ1) is 25.7. The molecule has 0 aliphatic carbocycles. The Labute approximate surface area is 316 Å². The summed E-state index contributed by atoms with van der Waals surface area (Å²) < 4.78 is 37.5. The second-order valence-electron chi connectivity index (χ2n) is 14.0. The number of methoxy groups -OCH3 is 4. The van der Waals surface area contributed by atoms with Gasteiger partial charge in [0.15, 0.2) is 34.5 Å². The van der Waals surface area contributed by atoms with Crippen LogP contribution in [-0.2, 0) is 30.5 Å². The van der Waals surface area contributed by atoms with Gasteiger partial charge in [-0.2, -0.15) is 0 Å². The molecule has 53 heavy (non-hydrogen) atoms. The number of carbonyl (C=O) groups excluding carboxylic acids is 1. The first kappa shape index (κ1) is 36.7. The SMILES string of the molecule is COc1cc(NC(=O)CCCCl)c2cc1Oc1ccc(cc1)C[C@H]1c3cc(c(OC)cc3CCN1C)Oc1c(OC)c(OC)cc3c1[C@H](C2)N(C)CC3. The normalized spacial score (nSPS) is 18.1. The lowest BCUT2D eigenvalue weighted by Gasteiger charge is -2.37. The smallest absolute Gasteiger partial charge is 0.224 e. The van der Waals surface area contributed by atoms with E-state index < -0.39 is 0 Å². The molecular formula is C42H48ClN3O7. The standard InChI is InChI=1S/C42H48ClN3O7/c1-45-16-13-26-20-34(48-3)37-23-30(26)32(45)18-25-9-11-29(12-10-25)52-36-22-28(31(24-35(36)49-4)44-39(47)8-7-15-43)19-33-40-27(14-17-46(33)2)21-38(50-5)41(51-6)42(40)53-37/h9-12,20-24,32-33H,7-8,13-19H2,1-6H3,(H,44,47)/t32-,33-/m0/s1. The van der Waals surface area contributed by atoms with Crippen LogP contribution in [0.1, 0.15) is 58.3 Å². The van der Waals surface area contributed by atoms with Crippen LogP contribution in [0.3, 0.4) is 0 Å². The van der Waals surface area contributed by atoms with Crippen molar-refractivity contribution in [3.8, 4) is 46.0 Å². The van der Waals surface area contributed by atoms with Crippen LogP contribution in [0.5, 0.6) is 46.0 Å². The van der Waals surface area contributed by atoms with Crippen LogP contribution >= 0.6 is 11.6 Å². The number of likely N-dealkylation sites (N-methyl/N-ethyl adjacent to an activating group) is 2. The largest absolute Gasteiger partial charge is 0.493 e. The summed E-state index contributed by atoms with van der Waals surface area (Å²) >= 11 is 5.95. The molecule has 1 amide bonds. The Hall–Kier alpha value is -4.64. The zero-order valence-electron chi connectivity index (χ0n) is 31.3. The Balaban J connectivity index is 1.46. The number of alkyl halides is 1. The minimum atomic E-state index is -0.186. The molecule has 4 aromatic carbocycles. The Bertz CT molecular complexity index is 1990. The summed E-state index contributed by atoms with van der Waals surface area (Å²) in [6.07, 6.45) is 3.86. The van der Waals surface area contributed by atoms with Gasteiger partial charge in [-0.05, 0) is 110 Å². The molecule has 0 aromatic heterocycles. The van der Waals surface area contributed by atoms with E-state index in [1.807, 2.05) is 24.3 Å². The summed E-state index contributed by atoms with van der Waals surface area (Å²) in [7, 11) is 10.9. The fraction of sp³-hybridized carbons (Fsp3) is 0.405. The minimum Gasteiger partial charge on any atom is -0.493 e. The van der Waals surface area contributed by atoms with Crippen LogP contribution in [0.4, 0.5) is 5.69 Å². The highest BCUT2D eigenvalue weighted by Crippen LogP contribution is 2.52. The van der Waals surface area contributed by atoms with Crippen LogP contribution in [0.2, 0.25) is 0 Å². The van der Waals surface area contributed by atoms with Crippen molar-refractivity contribution >= 4 is 23.2 Å². The number of fused-ring (bicyclic) bond motifs is 2. The topological polar surface area (TPSA) is 91.0 Å². The maximum Gasteiger partial charge on any atom is 0.224 e. The van der Waals surface area contributed by atoms with Gasteiger partial charge in [-0.15, -0.1) is 11.6 Å². The lowest BCUT2D eigenvalue weighted by atomic mass is 9.86. The second kappa shape index (κ2) is 15.8. The summed E-state index contributed by atoms with van der Waals surface area (Å²) in [6.45, 7) is 1.73. The first-order valence-electron chi connectivity index (χ1n) is 18.2. The molecule has 11 heteroatoms. The Morgan fingerprint density at radius 1 is 0.774 bits per heavy atom. The van der Waals surface area contributed by atoms with E-state index in [4.69, 9.17) is 40.0 Å². The van der Waals surface area contributed by atoms with Crippen LogP contribution < -0.4 is 33.7 Å². The number of hydrogen-bond donors (Lipinski definition) is 1. The molecule has 4 aliphatic heterocycles. The fourth-order valence-electron chi connectivity index (χ4n) is 7.90. The molecular weight excluding hydrogens is 694 g/mol. The highest BCUT2D eigenvalue weighted by atomic mass is 35.5. The molecule has 6 bridgehead atoms. The first-order valence-corrected chi connectivity index (χ1v) is 18.7. The van der Waals surface area contributed by atoms with Crippen molar-refractivity contribution in [1.29, 1.82) is 0 Å². The van der Waals surface area contributed by atoms with Crippen molar-refractivity contribution in [1.82, 2.24) is 9.80 Å². The predicted octanol–water partition coefficient (Wildman–Crippen LogP) is 8.12. The molecule has 0 radical (unpaired) electrons. The predicted molar refractivity (Wildman–Crippen MR) is 206 cm³/mol. The molecule has 0 spiro atoms. The minimum absolute atomic E-state index is 0.118. The molecule has 1 N–H and O–H groups in total. The number of carbonyl (C=O) groups is 1. The number of benzene rings is 4. The monoisotopic (exact) mass is 741 g/mol. The summed E-state index contributed by atoms with van der Waals surface area (Å²) in [4.78, 5) is 17.9. The average molecular weight is 742 g/mol. The molecule has 4 aromatic rings. The number of nitrogens with one attached hydrogen (secondary N) is 1. The van der Waals surface area contributed by atoms with E-state index in [9.17, 15) is 4.79 Å². The Kier molecular flexibility index (Phi) is 10.9. The van der Waals surface area contributed by atoms with Crippen molar-refractivity contribution < 1.29 is 33.2 Å². The lowest BCUT2D eigenvalue weighted by Crippen LogP contribution is -2.34. The number of ether oxygens (including phenoxy) is 6. The number of anilines is 1. The van der Waals surface area contributed by atoms with Gasteiger partial charge in [0.1, 0.15) is 5.75 Å². The van der Waals surface area contributed by atoms with E-state index >= 15 is 0 Å². The summed E-state index contributed by atoms with van der Waals surface area (Å²) in [5.74, 6) is 4.96. The maximum absolute atomic E-state index is 13.2. The van der Waals surface area contributed by atoms with Gasteiger partial charge < -0.3 is 33.7 Å². The highest BCUT2D eigenvalue weighted by molar-refractivity contribution is 6.18. The Morgan fingerprint density at radius 3 is 2.13 bits per heavy atom. The fourth-order valence-corrected chi connectivity index (χ4v) is 8.03. The van der Waals surface area contributed by atoms with E-state index in [0.29, 0.717) is 76.8 Å². The molecule has 0 unspecified atom stereocenters. The van der Waals surface area contributed by atoms with E-state index in [1.165, 1.54) is 16.7 Å². The number of amides is 1. The lowest BCUT2D eigenvalue weighted by molar-refractivity contribution is -0.116. The summed E-state index contributed by atoms with van der Waals surface area (Å²) in [5.41, 5.74) is 7.23. The maximum atomic E-state index is 13.2. The van der Waals surface area contributed by atoms with Crippen molar-refractivity contribution in [3.05, 3.63) is 88.0 Å². The van der Waals surface area contributed by atoms with Crippen LogP contribution in [0.15, 0.2) is 54.6 Å². The molecule has 0 fully saturated rings. The molecule has 2 atom stereocenters. The van der Waals surface area contributed by atoms with Gasteiger partial charge in [0.05, 0.1) is 28.4 Å². The second-order valence-corrected chi connectivity index (χ2v) is 14.3. The summed E-state index contributed by atoms with van der Waals surface area (Å²) in [5, 5.41) is 3.15. The number of hydrogen-bond acceptors (Lipinski definition) is 9. The van der Waals surface area contributed by atoms with E-state index in [1.54, 1.807) is 28.4 Å². The quantitative estimate of drug-likeness (QED) is 0.180. The zero-order valence-corrected chi connectivity index (χ0v) is 32.1. The van der Waals surface area contributed by atoms with Gasteiger partial charge in [0.25, 0.3) is 0 Å². The van der Waals surface area contributed by atoms with Gasteiger partial charge in [-0.25, -0.2) is 0 Å². The Morgan fingerprint density at radius 2 is 1.43 bits per heavy atom. The molecule has 8 rings (SSSR count). The van der Waals surface area contributed by atoms with Gasteiger partial charge in [0, 0.05) is 54.8 Å².